The Labute approximate surface area is 71.9 Å². The summed E-state index contributed by atoms with van der Waals surface area (Å²) in [6.45, 7) is 5.52. The third-order valence-electron chi connectivity index (χ3n) is 2.04. The molecule has 0 atom stereocenters. The van der Waals surface area contributed by atoms with Crippen LogP contribution < -0.4 is 4.90 Å². The number of morpholine rings is 1. The number of hydrogen-bond donors (Lipinski definition) is 0. The summed E-state index contributed by atoms with van der Waals surface area (Å²) in [6, 6.07) is 2.06. The van der Waals surface area contributed by atoms with Gasteiger partial charge in [-0.3, -0.25) is 0 Å². The van der Waals surface area contributed by atoms with Crippen LogP contribution in [0.25, 0.3) is 0 Å². The van der Waals surface area contributed by atoms with Crippen LogP contribution in [0.2, 0.25) is 0 Å². The molecule has 1 aromatic heterocycles. The molecule has 1 aromatic rings. The van der Waals surface area contributed by atoms with Crippen molar-refractivity contribution in [3.8, 4) is 0 Å². The summed E-state index contributed by atoms with van der Waals surface area (Å²) < 4.78 is 10.6. The molecule has 1 aliphatic rings. The molecular formula is C9H13NO2. The van der Waals surface area contributed by atoms with Crippen molar-refractivity contribution in [2.75, 3.05) is 31.2 Å². The van der Waals surface area contributed by atoms with Crippen molar-refractivity contribution in [2.24, 2.45) is 0 Å². The minimum absolute atomic E-state index is 0.805. The summed E-state index contributed by atoms with van der Waals surface area (Å²) >= 11 is 0. The predicted octanol–water partition coefficient (Wildman–Crippen LogP) is 1.42. The Morgan fingerprint density at radius 2 is 2.08 bits per heavy atom. The molecule has 2 heterocycles. The Kier molecular flexibility index (Phi) is 2.04. The minimum Gasteiger partial charge on any atom is -0.449 e. The van der Waals surface area contributed by atoms with Gasteiger partial charge in [-0.25, -0.2) is 0 Å². The molecule has 0 aromatic carbocycles. The van der Waals surface area contributed by atoms with Gasteiger partial charge in [0.05, 0.1) is 19.5 Å². The predicted molar refractivity (Wildman–Crippen MR) is 46.5 cm³/mol. The van der Waals surface area contributed by atoms with Gasteiger partial charge in [0.1, 0.15) is 0 Å². The molecule has 1 saturated heterocycles. The molecule has 2 rings (SSSR count). The SMILES string of the molecule is Cc1coc(N2CCOCC2)c1. The van der Waals surface area contributed by atoms with Crippen LogP contribution in [0.15, 0.2) is 16.7 Å². The van der Waals surface area contributed by atoms with Crippen molar-refractivity contribution >= 4 is 5.88 Å². The third-order valence-corrected chi connectivity index (χ3v) is 2.04. The van der Waals surface area contributed by atoms with Crippen molar-refractivity contribution in [2.45, 2.75) is 6.92 Å². The van der Waals surface area contributed by atoms with Crippen molar-refractivity contribution in [3.05, 3.63) is 17.9 Å². The quantitative estimate of drug-likeness (QED) is 0.632. The van der Waals surface area contributed by atoms with E-state index in [1.165, 1.54) is 5.56 Å². The molecule has 0 unspecified atom stereocenters. The molecule has 0 spiro atoms. The highest BCUT2D eigenvalue weighted by atomic mass is 16.5. The zero-order valence-electron chi connectivity index (χ0n) is 7.25. The molecular weight excluding hydrogens is 154 g/mol. The van der Waals surface area contributed by atoms with E-state index in [2.05, 4.69) is 11.0 Å². The Morgan fingerprint density at radius 3 is 2.67 bits per heavy atom. The standard InChI is InChI=1S/C9H13NO2/c1-8-6-9(12-7-8)10-2-4-11-5-3-10/h6-7H,2-5H2,1H3. The first-order chi connectivity index (χ1) is 5.86. The lowest BCUT2D eigenvalue weighted by Gasteiger charge is -2.25. The third kappa shape index (κ3) is 1.46. The van der Waals surface area contributed by atoms with Gasteiger partial charge in [-0.15, -0.1) is 0 Å². The smallest absolute Gasteiger partial charge is 0.195 e. The summed E-state index contributed by atoms with van der Waals surface area (Å²) in [5.74, 6) is 0.968. The highest BCUT2D eigenvalue weighted by Gasteiger charge is 2.13. The van der Waals surface area contributed by atoms with Crippen LogP contribution in [0.5, 0.6) is 0 Å². The summed E-state index contributed by atoms with van der Waals surface area (Å²) in [4.78, 5) is 2.20. The monoisotopic (exact) mass is 167 g/mol. The summed E-state index contributed by atoms with van der Waals surface area (Å²) in [5, 5.41) is 0. The van der Waals surface area contributed by atoms with Crippen molar-refractivity contribution < 1.29 is 9.15 Å². The molecule has 1 aliphatic heterocycles. The minimum atomic E-state index is 0.805. The second kappa shape index (κ2) is 3.19. The highest BCUT2D eigenvalue weighted by molar-refractivity contribution is 5.38. The van der Waals surface area contributed by atoms with Gasteiger partial charge in [0.25, 0.3) is 0 Å². The molecule has 3 heteroatoms. The lowest BCUT2D eigenvalue weighted by molar-refractivity contribution is 0.120. The fraction of sp³-hybridized carbons (Fsp3) is 0.556. The second-order valence-electron chi connectivity index (χ2n) is 3.06. The van der Waals surface area contributed by atoms with Crippen LogP contribution in [-0.4, -0.2) is 26.3 Å². The molecule has 3 nitrogen and oxygen atoms in total. The first-order valence-electron chi connectivity index (χ1n) is 4.24. The van der Waals surface area contributed by atoms with Gasteiger partial charge in [0.2, 0.25) is 0 Å². The number of ether oxygens (including phenoxy) is 1. The van der Waals surface area contributed by atoms with E-state index in [-0.39, 0.29) is 0 Å². The van der Waals surface area contributed by atoms with E-state index in [0.717, 1.165) is 32.2 Å². The summed E-state index contributed by atoms with van der Waals surface area (Å²) in [5.41, 5.74) is 1.18. The van der Waals surface area contributed by atoms with Gasteiger partial charge < -0.3 is 14.1 Å². The average Bonchev–Trinajstić information content (AvgIpc) is 2.54. The van der Waals surface area contributed by atoms with Gasteiger partial charge in [0.15, 0.2) is 5.88 Å². The van der Waals surface area contributed by atoms with Crippen LogP contribution in [0.3, 0.4) is 0 Å². The Balaban J connectivity index is 2.08. The van der Waals surface area contributed by atoms with Crippen LogP contribution in [0, 0.1) is 6.92 Å². The van der Waals surface area contributed by atoms with Gasteiger partial charge in [0, 0.05) is 19.2 Å². The zero-order valence-corrected chi connectivity index (χ0v) is 7.25. The zero-order chi connectivity index (χ0) is 8.39. The number of anilines is 1. The molecule has 12 heavy (non-hydrogen) atoms. The number of rotatable bonds is 1. The Hall–Kier alpha value is -0.960. The van der Waals surface area contributed by atoms with Crippen LogP contribution in [-0.2, 0) is 4.74 Å². The fourth-order valence-corrected chi connectivity index (χ4v) is 1.37. The number of nitrogens with zero attached hydrogens (tertiary/aromatic N) is 1. The Bertz CT molecular complexity index is 251. The lowest BCUT2D eigenvalue weighted by Crippen LogP contribution is -2.35. The average molecular weight is 167 g/mol. The van der Waals surface area contributed by atoms with Crippen LogP contribution >= 0.6 is 0 Å². The maximum atomic E-state index is 5.37. The van der Waals surface area contributed by atoms with Crippen LogP contribution in [0.1, 0.15) is 5.56 Å². The number of aryl methyl sites for hydroxylation is 1. The van der Waals surface area contributed by atoms with E-state index in [1.807, 2.05) is 6.92 Å². The maximum Gasteiger partial charge on any atom is 0.195 e. The molecule has 0 radical (unpaired) electrons. The molecule has 66 valence electrons. The van der Waals surface area contributed by atoms with E-state index < -0.39 is 0 Å². The summed E-state index contributed by atoms with van der Waals surface area (Å²) in [7, 11) is 0. The molecule has 0 N–H and O–H groups in total. The van der Waals surface area contributed by atoms with E-state index >= 15 is 0 Å². The number of hydrogen-bond acceptors (Lipinski definition) is 3. The molecule has 0 amide bonds. The Morgan fingerprint density at radius 1 is 1.33 bits per heavy atom. The van der Waals surface area contributed by atoms with Crippen molar-refractivity contribution in [3.63, 3.8) is 0 Å². The topological polar surface area (TPSA) is 25.6 Å². The first kappa shape index (κ1) is 7.68. The molecule has 0 bridgehead atoms. The largest absolute Gasteiger partial charge is 0.449 e. The fourth-order valence-electron chi connectivity index (χ4n) is 1.37. The van der Waals surface area contributed by atoms with Crippen molar-refractivity contribution in [1.82, 2.24) is 0 Å². The van der Waals surface area contributed by atoms with Gasteiger partial charge in [-0.05, 0) is 12.5 Å². The maximum absolute atomic E-state index is 5.37. The van der Waals surface area contributed by atoms with E-state index in [9.17, 15) is 0 Å². The molecule has 0 saturated carbocycles. The van der Waals surface area contributed by atoms with E-state index in [1.54, 1.807) is 6.26 Å². The van der Waals surface area contributed by atoms with E-state index in [4.69, 9.17) is 9.15 Å². The molecule has 0 aliphatic carbocycles. The van der Waals surface area contributed by atoms with Crippen LogP contribution in [0.4, 0.5) is 5.88 Å². The van der Waals surface area contributed by atoms with Crippen molar-refractivity contribution in [1.29, 1.82) is 0 Å². The van der Waals surface area contributed by atoms with Gasteiger partial charge in [-0.2, -0.15) is 0 Å². The van der Waals surface area contributed by atoms with Gasteiger partial charge >= 0.3 is 0 Å². The highest BCUT2D eigenvalue weighted by Crippen LogP contribution is 2.18. The lowest BCUT2D eigenvalue weighted by atomic mass is 10.3. The molecule has 1 fully saturated rings. The van der Waals surface area contributed by atoms with Gasteiger partial charge in [-0.1, -0.05) is 0 Å². The number of furan rings is 1. The summed E-state index contributed by atoms with van der Waals surface area (Å²) in [6.07, 6.45) is 1.78. The first-order valence-corrected chi connectivity index (χ1v) is 4.24. The normalized spacial score (nSPS) is 18.2. The second-order valence-corrected chi connectivity index (χ2v) is 3.06. The van der Waals surface area contributed by atoms with E-state index in [0.29, 0.717) is 0 Å².